The standard InChI is InChI=1S/C24H30N6O3/c1-4-19-18(14-33-29-19)23(31)28-21(16-8-6-5-7-9-16)24(32)27-20-11-10-17(13-25-20)22-15(2)12-26-30(22)3/h10-14,16,21H,4-9H2,1-3H3,(H,28,31)(H,25,27,32). The van der Waals surface area contributed by atoms with Gasteiger partial charge in [-0.15, -0.1) is 0 Å². The van der Waals surface area contributed by atoms with Crippen molar-refractivity contribution in [2.45, 2.75) is 58.4 Å². The van der Waals surface area contributed by atoms with E-state index in [4.69, 9.17) is 4.52 Å². The van der Waals surface area contributed by atoms with E-state index in [1.807, 2.05) is 33.2 Å². The van der Waals surface area contributed by atoms with Gasteiger partial charge in [0, 0.05) is 18.8 Å². The molecule has 0 spiro atoms. The maximum Gasteiger partial charge on any atom is 0.257 e. The molecular formula is C24H30N6O3. The van der Waals surface area contributed by atoms with Crippen LogP contribution < -0.4 is 10.6 Å². The fourth-order valence-electron chi connectivity index (χ4n) is 4.56. The molecule has 1 unspecified atom stereocenters. The molecule has 0 bridgehead atoms. The first-order chi connectivity index (χ1) is 16.0. The molecule has 1 atom stereocenters. The molecule has 0 aliphatic heterocycles. The number of nitrogens with one attached hydrogen (secondary N) is 2. The van der Waals surface area contributed by atoms with Gasteiger partial charge in [-0.25, -0.2) is 4.98 Å². The second-order valence-corrected chi connectivity index (χ2v) is 8.60. The van der Waals surface area contributed by atoms with Crippen LogP contribution in [0.25, 0.3) is 11.3 Å². The van der Waals surface area contributed by atoms with Gasteiger partial charge in [0.05, 0.1) is 17.6 Å². The number of aryl methyl sites for hydroxylation is 3. The number of carbonyl (C=O) groups excluding carboxylic acids is 2. The Hall–Kier alpha value is -3.49. The average molecular weight is 451 g/mol. The SMILES string of the molecule is CCc1nocc1C(=O)NC(C(=O)Nc1ccc(-c2c(C)cnn2C)cn1)C1CCCCC1. The van der Waals surface area contributed by atoms with Crippen LogP contribution in [0, 0.1) is 12.8 Å². The van der Waals surface area contributed by atoms with Crippen LogP contribution in [-0.2, 0) is 18.3 Å². The highest BCUT2D eigenvalue weighted by molar-refractivity contribution is 6.01. The molecule has 3 aromatic rings. The Bertz CT molecular complexity index is 1090. The molecule has 0 radical (unpaired) electrons. The molecule has 0 aromatic carbocycles. The number of anilines is 1. The van der Waals surface area contributed by atoms with Gasteiger partial charge in [-0.3, -0.25) is 14.3 Å². The van der Waals surface area contributed by atoms with Gasteiger partial charge in [0.1, 0.15) is 23.7 Å². The van der Waals surface area contributed by atoms with Crippen LogP contribution >= 0.6 is 0 Å². The maximum atomic E-state index is 13.3. The predicted molar refractivity (Wildman–Crippen MR) is 124 cm³/mol. The smallest absolute Gasteiger partial charge is 0.257 e. The Morgan fingerprint density at radius 3 is 2.64 bits per heavy atom. The summed E-state index contributed by atoms with van der Waals surface area (Å²) in [5, 5.41) is 14.0. The molecule has 9 nitrogen and oxygen atoms in total. The van der Waals surface area contributed by atoms with Gasteiger partial charge in [0.25, 0.3) is 5.91 Å². The molecule has 2 amide bonds. The Labute approximate surface area is 192 Å². The minimum absolute atomic E-state index is 0.0732. The first-order valence-corrected chi connectivity index (χ1v) is 11.5. The second-order valence-electron chi connectivity index (χ2n) is 8.60. The van der Waals surface area contributed by atoms with Gasteiger partial charge >= 0.3 is 0 Å². The lowest BCUT2D eigenvalue weighted by molar-refractivity contribution is -0.119. The van der Waals surface area contributed by atoms with Gasteiger partial charge in [-0.05, 0) is 49.8 Å². The first kappa shape index (κ1) is 22.7. The van der Waals surface area contributed by atoms with E-state index in [9.17, 15) is 9.59 Å². The number of amides is 2. The number of carbonyl (C=O) groups is 2. The molecule has 1 aliphatic rings. The number of pyridine rings is 1. The molecule has 3 heterocycles. The number of hydrogen-bond acceptors (Lipinski definition) is 6. The van der Waals surface area contributed by atoms with Crippen LogP contribution in [0.1, 0.15) is 60.6 Å². The van der Waals surface area contributed by atoms with Crippen LogP contribution in [0.3, 0.4) is 0 Å². The zero-order valence-corrected chi connectivity index (χ0v) is 19.3. The fourth-order valence-corrected chi connectivity index (χ4v) is 4.56. The van der Waals surface area contributed by atoms with Gasteiger partial charge in [-0.2, -0.15) is 5.10 Å². The van der Waals surface area contributed by atoms with E-state index in [0.29, 0.717) is 23.5 Å². The highest BCUT2D eigenvalue weighted by atomic mass is 16.5. The molecule has 33 heavy (non-hydrogen) atoms. The maximum absolute atomic E-state index is 13.3. The largest absolute Gasteiger partial charge is 0.364 e. The second kappa shape index (κ2) is 9.97. The Morgan fingerprint density at radius 1 is 1.21 bits per heavy atom. The van der Waals surface area contributed by atoms with E-state index >= 15 is 0 Å². The van der Waals surface area contributed by atoms with Crippen LogP contribution in [0.5, 0.6) is 0 Å². The minimum Gasteiger partial charge on any atom is -0.364 e. The topological polar surface area (TPSA) is 115 Å². The Balaban J connectivity index is 1.51. The van der Waals surface area contributed by atoms with Crippen molar-refractivity contribution in [1.29, 1.82) is 0 Å². The summed E-state index contributed by atoms with van der Waals surface area (Å²) in [6, 6.07) is 3.03. The molecule has 0 saturated heterocycles. The highest BCUT2D eigenvalue weighted by Crippen LogP contribution is 2.28. The first-order valence-electron chi connectivity index (χ1n) is 11.5. The summed E-state index contributed by atoms with van der Waals surface area (Å²) in [5.41, 5.74) is 3.91. The van der Waals surface area contributed by atoms with Gasteiger partial charge in [0.2, 0.25) is 5.91 Å². The Morgan fingerprint density at radius 2 is 2.00 bits per heavy atom. The lowest BCUT2D eigenvalue weighted by Crippen LogP contribution is -2.49. The Kier molecular flexibility index (Phi) is 6.86. The zero-order valence-electron chi connectivity index (χ0n) is 19.3. The number of rotatable bonds is 7. The third-order valence-electron chi connectivity index (χ3n) is 6.32. The molecule has 2 N–H and O–H groups in total. The van der Waals surface area contributed by atoms with Crippen LogP contribution in [0.15, 0.2) is 35.3 Å². The summed E-state index contributed by atoms with van der Waals surface area (Å²) in [6.07, 6.45) is 10.5. The van der Waals surface area contributed by atoms with Crippen molar-refractivity contribution in [1.82, 2.24) is 25.2 Å². The lowest BCUT2D eigenvalue weighted by atomic mass is 9.83. The third-order valence-corrected chi connectivity index (χ3v) is 6.32. The number of aromatic nitrogens is 4. The molecular weight excluding hydrogens is 420 g/mol. The normalized spacial score (nSPS) is 15.2. The van der Waals surface area contributed by atoms with E-state index in [0.717, 1.165) is 48.9 Å². The zero-order chi connectivity index (χ0) is 23.4. The average Bonchev–Trinajstić information content (AvgIpc) is 3.44. The summed E-state index contributed by atoms with van der Waals surface area (Å²) in [7, 11) is 1.88. The van der Waals surface area contributed by atoms with Crippen molar-refractivity contribution < 1.29 is 14.1 Å². The summed E-state index contributed by atoms with van der Waals surface area (Å²) in [6.45, 7) is 3.90. The molecule has 9 heteroatoms. The van der Waals surface area contributed by atoms with Crippen molar-refractivity contribution in [2.75, 3.05) is 5.32 Å². The molecule has 4 rings (SSSR count). The van der Waals surface area contributed by atoms with Crippen molar-refractivity contribution >= 4 is 17.6 Å². The van der Waals surface area contributed by atoms with Gasteiger partial charge in [-0.1, -0.05) is 31.3 Å². The quantitative estimate of drug-likeness (QED) is 0.568. The van der Waals surface area contributed by atoms with E-state index in [1.165, 1.54) is 6.26 Å². The molecule has 3 aromatic heterocycles. The highest BCUT2D eigenvalue weighted by Gasteiger charge is 2.32. The van der Waals surface area contributed by atoms with E-state index in [2.05, 4.69) is 25.9 Å². The predicted octanol–water partition coefficient (Wildman–Crippen LogP) is 3.66. The monoisotopic (exact) mass is 450 g/mol. The van der Waals surface area contributed by atoms with Crippen molar-refractivity contribution in [3.63, 3.8) is 0 Å². The lowest BCUT2D eigenvalue weighted by Gasteiger charge is -2.29. The van der Waals surface area contributed by atoms with Crippen LogP contribution in [0.4, 0.5) is 5.82 Å². The van der Waals surface area contributed by atoms with E-state index in [1.54, 1.807) is 16.9 Å². The third kappa shape index (κ3) is 4.97. The molecule has 174 valence electrons. The number of nitrogens with zero attached hydrogens (tertiary/aromatic N) is 4. The summed E-state index contributed by atoms with van der Waals surface area (Å²) in [5.74, 6) is -0.0858. The summed E-state index contributed by atoms with van der Waals surface area (Å²) >= 11 is 0. The molecule has 1 aliphatic carbocycles. The van der Waals surface area contributed by atoms with E-state index < -0.39 is 6.04 Å². The molecule has 1 fully saturated rings. The molecule has 1 saturated carbocycles. The van der Waals surface area contributed by atoms with Gasteiger partial charge < -0.3 is 15.2 Å². The fraction of sp³-hybridized carbons (Fsp3) is 0.458. The van der Waals surface area contributed by atoms with Crippen LogP contribution in [0.2, 0.25) is 0 Å². The van der Waals surface area contributed by atoms with Crippen molar-refractivity contribution in [2.24, 2.45) is 13.0 Å². The minimum atomic E-state index is -0.654. The van der Waals surface area contributed by atoms with E-state index in [-0.39, 0.29) is 17.7 Å². The summed E-state index contributed by atoms with van der Waals surface area (Å²) in [4.78, 5) is 30.6. The van der Waals surface area contributed by atoms with Gasteiger partial charge in [0.15, 0.2) is 0 Å². The van der Waals surface area contributed by atoms with Crippen LogP contribution in [-0.4, -0.2) is 37.8 Å². The van der Waals surface area contributed by atoms with Crippen molar-refractivity contribution in [3.05, 3.63) is 47.6 Å². The number of hydrogen-bond donors (Lipinski definition) is 2. The van der Waals surface area contributed by atoms with Crippen molar-refractivity contribution in [3.8, 4) is 11.3 Å². The summed E-state index contributed by atoms with van der Waals surface area (Å²) < 4.78 is 6.77.